The van der Waals surface area contributed by atoms with E-state index in [1.165, 1.54) is 0 Å². The Morgan fingerprint density at radius 1 is 1.21 bits per heavy atom. The van der Waals surface area contributed by atoms with Crippen molar-refractivity contribution in [2.45, 2.75) is 32.2 Å². The van der Waals surface area contributed by atoms with Gasteiger partial charge in [-0.2, -0.15) is 0 Å². The number of amides is 1. The lowest BCUT2D eigenvalue weighted by Gasteiger charge is -2.14. The van der Waals surface area contributed by atoms with E-state index >= 15 is 0 Å². The molecule has 0 aliphatic heterocycles. The van der Waals surface area contributed by atoms with Gasteiger partial charge in [0.05, 0.1) is 17.1 Å². The Balaban J connectivity index is 1.52. The molecule has 0 spiro atoms. The van der Waals surface area contributed by atoms with Gasteiger partial charge in [0.1, 0.15) is 5.82 Å². The minimum atomic E-state index is -0.00347. The fraction of sp³-hybridized carbons (Fsp3) is 0.316. The summed E-state index contributed by atoms with van der Waals surface area (Å²) < 4.78 is 2.10. The van der Waals surface area contributed by atoms with Crippen LogP contribution >= 0.6 is 0 Å². The molecule has 0 radical (unpaired) electrons. The molecule has 1 unspecified atom stereocenters. The van der Waals surface area contributed by atoms with E-state index in [9.17, 15) is 4.79 Å². The summed E-state index contributed by atoms with van der Waals surface area (Å²) in [6.45, 7) is 1.98. The number of pyridine rings is 1. The molecule has 1 aromatic carbocycles. The number of carbonyl (C=O) groups is 1. The van der Waals surface area contributed by atoms with Crippen molar-refractivity contribution in [1.29, 1.82) is 0 Å². The second kappa shape index (κ2) is 7.25. The maximum absolute atomic E-state index is 12.1. The SMILES string of the molecule is CC(NC(=O)CCCc1nc2ccccc2n1C)c1ccncc1. The van der Waals surface area contributed by atoms with E-state index in [0.717, 1.165) is 35.3 Å². The number of aryl methyl sites for hydroxylation is 2. The van der Waals surface area contributed by atoms with Crippen molar-refractivity contribution < 1.29 is 4.79 Å². The van der Waals surface area contributed by atoms with Crippen molar-refractivity contribution in [1.82, 2.24) is 19.9 Å². The van der Waals surface area contributed by atoms with Gasteiger partial charge in [-0.15, -0.1) is 0 Å². The molecular formula is C19H22N4O. The number of imidazole rings is 1. The summed E-state index contributed by atoms with van der Waals surface area (Å²) >= 11 is 0. The normalized spacial score (nSPS) is 12.2. The van der Waals surface area contributed by atoms with Gasteiger partial charge in [-0.1, -0.05) is 12.1 Å². The predicted octanol–water partition coefficient (Wildman–Crippen LogP) is 3.17. The summed E-state index contributed by atoms with van der Waals surface area (Å²) in [6.07, 6.45) is 5.56. The largest absolute Gasteiger partial charge is 0.350 e. The third-order valence-electron chi connectivity index (χ3n) is 4.27. The molecule has 3 rings (SSSR count). The first kappa shape index (κ1) is 16.2. The number of carbonyl (C=O) groups excluding carboxylic acids is 1. The zero-order valence-corrected chi connectivity index (χ0v) is 14.1. The van der Waals surface area contributed by atoms with Crippen molar-refractivity contribution >= 4 is 16.9 Å². The number of benzene rings is 1. The number of nitrogens with one attached hydrogen (secondary N) is 1. The van der Waals surface area contributed by atoms with Gasteiger partial charge >= 0.3 is 0 Å². The van der Waals surface area contributed by atoms with E-state index in [1.54, 1.807) is 12.4 Å². The van der Waals surface area contributed by atoms with E-state index in [1.807, 2.05) is 44.3 Å². The van der Waals surface area contributed by atoms with Gasteiger partial charge < -0.3 is 9.88 Å². The van der Waals surface area contributed by atoms with E-state index in [2.05, 4.69) is 25.9 Å². The Morgan fingerprint density at radius 2 is 1.96 bits per heavy atom. The number of hydrogen-bond acceptors (Lipinski definition) is 3. The van der Waals surface area contributed by atoms with Crippen LogP contribution in [0.2, 0.25) is 0 Å². The summed E-state index contributed by atoms with van der Waals surface area (Å²) in [5, 5.41) is 3.03. The van der Waals surface area contributed by atoms with Crippen molar-refractivity contribution in [2.75, 3.05) is 0 Å². The van der Waals surface area contributed by atoms with Crippen LogP contribution in [-0.2, 0) is 18.3 Å². The summed E-state index contributed by atoms with van der Waals surface area (Å²) in [4.78, 5) is 20.8. The lowest BCUT2D eigenvalue weighted by molar-refractivity contribution is -0.121. The first-order valence-corrected chi connectivity index (χ1v) is 8.25. The molecule has 1 atom stereocenters. The number of para-hydroxylation sites is 2. The van der Waals surface area contributed by atoms with Crippen LogP contribution in [0, 0.1) is 0 Å². The van der Waals surface area contributed by atoms with Crippen LogP contribution in [0.5, 0.6) is 0 Å². The summed E-state index contributed by atoms with van der Waals surface area (Å²) in [5.41, 5.74) is 3.20. The summed E-state index contributed by atoms with van der Waals surface area (Å²) in [5.74, 6) is 1.09. The highest BCUT2D eigenvalue weighted by Crippen LogP contribution is 2.16. The maximum atomic E-state index is 12.1. The second-order valence-electron chi connectivity index (χ2n) is 6.00. The van der Waals surface area contributed by atoms with Gasteiger partial charge in [0.25, 0.3) is 0 Å². The first-order valence-electron chi connectivity index (χ1n) is 8.25. The average molecular weight is 322 g/mol. The predicted molar refractivity (Wildman–Crippen MR) is 94.4 cm³/mol. The smallest absolute Gasteiger partial charge is 0.220 e. The average Bonchev–Trinajstić information content (AvgIpc) is 2.92. The van der Waals surface area contributed by atoms with Crippen LogP contribution in [0.3, 0.4) is 0 Å². The Hall–Kier alpha value is -2.69. The molecule has 0 saturated carbocycles. The molecule has 0 saturated heterocycles. The molecule has 2 heterocycles. The second-order valence-corrected chi connectivity index (χ2v) is 6.00. The van der Waals surface area contributed by atoms with E-state index < -0.39 is 0 Å². The highest BCUT2D eigenvalue weighted by atomic mass is 16.1. The first-order chi connectivity index (χ1) is 11.6. The Labute approximate surface area is 141 Å². The highest BCUT2D eigenvalue weighted by Gasteiger charge is 2.11. The summed E-state index contributed by atoms with van der Waals surface area (Å²) in [6, 6.07) is 11.9. The van der Waals surface area contributed by atoms with Crippen LogP contribution < -0.4 is 5.32 Å². The maximum Gasteiger partial charge on any atom is 0.220 e. The molecule has 24 heavy (non-hydrogen) atoms. The fourth-order valence-corrected chi connectivity index (χ4v) is 2.88. The van der Waals surface area contributed by atoms with E-state index in [-0.39, 0.29) is 11.9 Å². The standard InChI is InChI=1S/C19H22N4O/c1-14(15-10-12-20-13-11-15)21-19(24)9-5-8-18-22-16-6-3-4-7-17(16)23(18)2/h3-4,6-7,10-14H,5,8-9H2,1-2H3,(H,21,24). The number of aromatic nitrogens is 3. The minimum Gasteiger partial charge on any atom is -0.350 e. The molecule has 5 heteroatoms. The molecular weight excluding hydrogens is 300 g/mol. The molecule has 0 aliphatic rings. The molecule has 0 aliphatic carbocycles. The van der Waals surface area contributed by atoms with Gasteiger partial charge in [0, 0.05) is 32.3 Å². The molecule has 124 valence electrons. The van der Waals surface area contributed by atoms with Crippen LogP contribution in [-0.4, -0.2) is 20.4 Å². The van der Waals surface area contributed by atoms with E-state index in [4.69, 9.17) is 0 Å². The Kier molecular flexibility index (Phi) is 4.89. The zero-order valence-electron chi connectivity index (χ0n) is 14.1. The van der Waals surface area contributed by atoms with Crippen LogP contribution in [0.4, 0.5) is 0 Å². The summed E-state index contributed by atoms with van der Waals surface area (Å²) in [7, 11) is 2.02. The highest BCUT2D eigenvalue weighted by molar-refractivity contribution is 5.77. The molecule has 0 fully saturated rings. The Morgan fingerprint density at radius 3 is 2.71 bits per heavy atom. The van der Waals surface area contributed by atoms with Crippen LogP contribution in [0.25, 0.3) is 11.0 Å². The Bertz CT molecular complexity index is 826. The molecule has 2 aromatic heterocycles. The molecule has 1 amide bonds. The van der Waals surface area contributed by atoms with Crippen molar-refractivity contribution in [3.8, 4) is 0 Å². The third-order valence-corrected chi connectivity index (χ3v) is 4.27. The van der Waals surface area contributed by atoms with Crippen LogP contribution in [0.15, 0.2) is 48.8 Å². The zero-order chi connectivity index (χ0) is 16.9. The van der Waals surface area contributed by atoms with Gasteiger partial charge in [-0.3, -0.25) is 9.78 Å². The van der Waals surface area contributed by atoms with Gasteiger partial charge in [-0.25, -0.2) is 4.98 Å². The quantitative estimate of drug-likeness (QED) is 0.758. The number of fused-ring (bicyclic) bond motifs is 1. The minimum absolute atomic E-state index is 0.00347. The topological polar surface area (TPSA) is 59.8 Å². The molecule has 3 aromatic rings. The van der Waals surface area contributed by atoms with Crippen molar-refractivity contribution in [3.63, 3.8) is 0 Å². The third kappa shape index (κ3) is 3.62. The number of rotatable bonds is 6. The number of hydrogen-bond donors (Lipinski definition) is 1. The van der Waals surface area contributed by atoms with Crippen molar-refractivity contribution in [3.05, 3.63) is 60.2 Å². The lowest BCUT2D eigenvalue weighted by Crippen LogP contribution is -2.26. The molecule has 5 nitrogen and oxygen atoms in total. The fourth-order valence-electron chi connectivity index (χ4n) is 2.88. The van der Waals surface area contributed by atoms with Crippen LogP contribution in [0.1, 0.15) is 37.2 Å². The number of nitrogens with zero attached hydrogens (tertiary/aromatic N) is 3. The van der Waals surface area contributed by atoms with Gasteiger partial charge in [0.15, 0.2) is 0 Å². The van der Waals surface area contributed by atoms with Gasteiger partial charge in [0.2, 0.25) is 5.91 Å². The lowest BCUT2D eigenvalue weighted by atomic mass is 10.1. The van der Waals surface area contributed by atoms with Crippen molar-refractivity contribution in [2.24, 2.45) is 7.05 Å². The van der Waals surface area contributed by atoms with E-state index in [0.29, 0.717) is 6.42 Å². The molecule has 1 N–H and O–H groups in total. The monoisotopic (exact) mass is 322 g/mol. The van der Waals surface area contributed by atoms with Gasteiger partial charge in [-0.05, 0) is 43.2 Å². The molecule has 0 bridgehead atoms.